The highest BCUT2D eigenvalue weighted by Crippen LogP contribution is 2.17. The molecule has 0 radical (unpaired) electrons. The van der Waals surface area contributed by atoms with Crippen LogP contribution in [0.1, 0.15) is 26.2 Å². The van der Waals surface area contributed by atoms with Crippen molar-refractivity contribution in [1.29, 1.82) is 0 Å². The second-order valence-electron chi connectivity index (χ2n) is 4.99. The zero-order chi connectivity index (χ0) is 14.3. The van der Waals surface area contributed by atoms with E-state index < -0.39 is 10.0 Å². The van der Waals surface area contributed by atoms with Crippen molar-refractivity contribution in [2.24, 2.45) is 5.92 Å². The summed E-state index contributed by atoms with van der Waals surface area (Å²) in [6, 6.07) is 0. The molecule has 1 fully saturated rings. The maximum atomic E-state index is 11.9. The minimum atomic E-state index is -3.21. The van der Waals surface area contributed by atoms with Gasteiger partial charge in [0.1, 0.15) is 0 Å². The summed E-state index contributed by atoms with van der Waals surface area (Å²) in [7, 11) is -3.21. The molecule has 1 amide bonds. The van der Waals surface area contributed by atoms with Crippen LogP contribution in [0.2, 0.25) is 0 Å². The molecule has 0 aromatic carbocycles. The number of hydrogen-bond acceptors (Lipinski definition) is 4. The highest BCUT2D eigenvalue weighted by molar-refractivity contribution is 7.88. The Kier molecular flexibility index (Phi) is 6.74. The van der Waals surface area contributed by atoms with E-state index in [0.717, 1.165) is 38.8 Å². The van der Waals surface area contributed by atoms with Crippen LogP contribution in [-0.4, -0.2) is 58.3 Å². The van der Waals surface area contributed by atoms with Gasteiger partial charge in [-0.1, -0.05) is 6.92 Å². The van der Waals surface area contributed by atoms with Crippen molar-refractivity contribution in [2.75, 3.05) is 39.1 Å². The van der Waals surface area contributed by atoms with Gasteiger partial charge in [-0.25, -0.2) is 13.1 Å². The van der Waals surface area contributed by atoms with E-state index in [0.29, 0.717) is 12.5 Å². The third-order valence-corrected chi connectivity index (χ3v) is 3.77. The minimum Gasteiger partial charge on any atom is -0.381 e. The standard InChI is InChI=1S/C12H24N2O4S/c1-3-8-18-10-11-5-7-14(9-11)12(15)4-6-13-19(2,16)17/h11,13H,3-10H2,1-2H3/t11-/m0/s1. The van der Waals surface area contributed by atoms with Gasteiger partial charge in [0.2, 0.25) is 15.9 Å². The number of carbonyl (C=O) groups excluding carboxylic acids is 1. The summed E-state index contributed by atoms with van der Waals surface area (Å²) in [6.45, 7) is 5.19. The second kappa shape index (κ2) is 7.81. The molecule has 7 heteroatoms. The maximum absolute atomic E-state index is 11.9. The molecule has 0 aliphatic carbocycles. The van der Waals surface area contributed by atoms with Gasteiger partial charge in [0, 0.05) is 38.6 Å². The summed E-state index contributed by atoms with van der Waals surface area (Å²) < 4.78 is 29.6. The largest absolute Gasteiger partial charge is 0.381 e. The van der Waals surface area contributed by atoms with Crippen molar-refractivity contribution in [3.8, 4) is 0 Å². The zero-order valence-corrected chi connectivity index (χ0v) is 12.5. The molecule has 1 rings (SSSR count). The molecule has 0 aromatic rings. The van der Waals surface area contributed by atoms with Crippen LogP contribution >= 0.6 is 0 Å². The molecule has 0 saturated carbocycles. The normalized spacial score (nSPS) is 19.9. The predicted molar refractivity (Wildman–Crippen MR) is 73.3 cm³/mol. The zero-order valence-electron chi connectivity index (χ0n) is 11.7. The molecule has 0 aromatic heterocycles. The average molecular weight is 292 g/mol. The molecule has 1 aliphatic rings. The Morgan fingerprint density at radius 2 is 2.21 bits per heavy atom. The topological polar surface area (TPSA) is 75.7 Å². The third kappa shape index (κ3) is 6.89. The lowest BCUT2D eigenvalue weighted by molar-refractivity contribution is -0.130. The Balaban J connectivity index is 2.20. The van der Waals surface area contributed by atoms with Gasteiger partial charge >= 0.3 is 0 Å². The van der Waals surface area contributed by atoms with E-state index in [1.54, 1.807) is 4.90 Å². The van der Waals surface area contributed by atoms with Crippen molar-refractivity contribution < 1.29 is 17.9 Å². The van der Waals surface area contributed by atoms with Gasteiger partial charge in [-0.3, -0.25) is 4.79 Å². The fourth-order valence-electron chi connectivity index (χ4n) is 2.09. The SMILES string of the molecule is CCCOC[C@H]1CCN(C(=O)CCNS(C)(=O)=O)C1. The van der Waals surface area contributed by atoms with Crippen LogP contribution < -0.4 is 4.72 Å². The molecule has 0 spiro atoms. The van der Waals surface area contributed by atoms with E-state index in [9.17, 15) is 13.2 Å². The van der Waals surface area contributed by atoms with Gasteiger partial charge in [0.25, 0.3) is 0 Å². The molecule has 1 saturated heterocycles. The first kappa shape index (κ1) is 16.4. The quantitative estimate of drug-likeness (QED) is 0.649. The number of ether oxygens (including phenoxy) is 1. The average Bonchev–Trinajstić information content (AvgIpc) is 2.76. The summed E-state index contributed by atoms with van der Waals surface area (Å²) in [5, 5.41) is 0. The van der Waals surface area contributed by atoms with Crippen LogP contribution in [-0.2, 0) is 19.6 Å². The Morgan fingerprint density at radius 3 is 2.84 bits per heavy atom. The smallest absolute Gasteiger partial charge is 0.223 e. The third-order valence-electron chi connectivity index (χ3n) is 3.04. The van der Waals surface area contributed by atoms with Crippen LogP contribution in [0.5, 0.6) is 0 Å². The number of sulfonamides is 1. The minimum absolute atomic E-state index is 0.00846. The van der Waals surface area contributed by atoms with Crippen LogP contribution in [0, 0.1) is 5.92 Å². The number of likely N-dealkylation sites (tertiary alicyclic amines) is 1. The van der Waals surface area contributed by atoms with E-state index in [4.69, 9.17) is 4.74 Å². The number of amides is 1. The number of carbonyl (C=O) groups is 1. The Hall–Kier alpha value is -0.660. The highest BCUT2D eigenvalue weighted by atomic mass is 32.2. The number of rotatable bonds is 8. The molecule has 19 heavy (non-hydrogen) atoms. The summed E-state index contributed by atoms with van der Waals surface area (Å²) in [4.78, 5) is 13.7. The Bertz CT molecular complexity index is 383. The second-order valence-corrected chi connectivity index (χ2v) is 6.82. The van der Waals surface area contributed by atoms with E-state index in [-0.39, 0.29) is 18.9 Å². The number of nitrogens with zero attached hydrogens (tertiary/aromatic N) is 1. The summed E-state index contributed by atoms with van der Waals surface area (Å²) in [6.07, 6.45) is 3.28. The first-order chi connectivity index (χ1) is 8.92. The first-order valence-corrected chi connectivity index (χ1v) is 8.61. The summed E-state index contributed by atoms with van der Waals surface area (Å²) >= 11 is 0. The molecule has 0 unspecified atom stereocenters. The molecule has 1 N–H and O–H groups in total. The molecule has 1 heterocycles. The lowest BCUT2D eigenvalue weighted by atomic mass is 10.1. The molecule has 1 aliphatic heterocycles. The van der Waals surface area contributed by atoms with Gasteiger partial charge in [0.05, 0.1) is 12.9 Å². The molecule has 1 atom stereocenters. The lowest BCUT2D eigenvalue weighted by Gasteiger charge is -2.16. The molecular weight excluding hydrogens is 268 g/mol. The van der Waals surface area contributed by atoms with E-state index in [1.165, 1.54) is 0 Å². The Morgan fingerprint density at radius 1 is 1.47 bits per heavy atom. The lowest BCUT2D eigenvalue weighted by Crippen LogP contribution is -2.33. The molecule has 6 nitrogen and oxygen atoms in total. The van der Waals surface area contributed by atoms with Crippen molar-refractivity contribution in [3.05, 3.63) is 0 Å². The van der Waals surface area contributed by atoms with Crippen molar-refractivity contribution in [1.82, 2.24) is 9.62 Å². The summed E-state index contributed by atoms with van der Waals surface area (Å²) in [5.41, 5.74) is 0. The van der Waals surface area contributed by atoms with Crippen LogP contribution in [0.15, 0.2) is 0 Å². The number of nitrogens with one attached hydrogen (secondary N) is 1. The van der Waals surface area contributed by atoms with E-state index in [2.05, 4.69) is 11.6 Å². The monoisotopic (exact) mass is 292 g/mol. The number of hydrogen-bond donors (Lipinski definition) is 1. The maximum Gasteiger partial charge on any atom is 0.223 e. The predicted octanol–water partition coefficient (Wildman–Crippen LogP) is 0.201. The first-order valence-electron chi connectivity index (χ1n) is 6.72. The van der Waals surface area contributed by atoms with Crippen LogP contribution in [0.3, 0.4) is 0 Å². The van der Waals surface area contributed by atoms with Gasteiger partial charge in [-0.05, 0) is 12.8 Å². The van der Waals surface area contributed by atoms with Crippen molar-refractivity contribution >= 4 is 15.9 Å². The fraction of sp³-hybridized carbons (Fsp3) is 0.917. The van der Waals surface area contributed by atoms with Gasteiger partial charge in [-0.2, -0.15) is 0 Å². The fourth-order valence-corrected chi connectivity index (χ4v) is 2.56. The Labute approximate surface area is 115 Å². The van der Waals surface area contributed by atoms with Crippen LogP contribution in [0.25, 0.3) is 0 Å². The van der Waals surface area contributed by atoms with E-state index >= 15 is 0 Å². The molecule has 0 bridgehead atoms. The van der Waals surface area contributed by atoms with Crippen LogP contribution in [0.4, 0.5) is 0 Å². The molecular formula is C12H24N2O4S. The van der Waals surface area contributed by atoms with Gasteiger partial charge in [-0.15, -0.1) is 0 Å². The van der Waals surface area contributed by atoms with Crippen molar-refractivity contribution in [2.45, 2.75) is 26.2 Å². The molecule has 112 valence electrons. The highest BCUT2D eigenvalue weighted by Gasteiger charge is 2.25. The van der Waals surface area contributed by atoms with E-state index in [1.807, 2.05) is 0 Å². The van der Waals surface area contributed by atoms with Gasteiger partial charge < -0.3 is 9.64 Å². The van der Waals surface area contributed by atoms with Crippen molar-refractivity contribution in [3.63, 3.8) is 0 Å². The van der Waals surface area contributed by atoms with Gasteiger partial charge in [0.15, 0.2) is 0 Å². The summed E-state index contributed by atoms with van der Waals surface area (Å²) in [5.74, 6) is 0.424.